The van der Waals surface area contributed by atoms with Crippen molar-refractivity contribution in [2.24, 2.45) is 35.5 Å². The first-order valence-corrected chi connectivity index (χ1v) is 16.6. The third-order valence-electron chi connectivity index (χ3n) is 9.70. The van der Waals surface area contributed by atoms with Crippen molar-refractivity contribution < 1.29 is 24.2 Å². The maximum atomic E-state index is 13.9. The zero-order valence-electron chi connectivity index (χ0n) is 23.8. The van der Waals surface area contributed by atoms with E-state index in [4.69, 9.17) is 16.3 Å². The van der Waals surface area contributed by atoms with Crippen LogP contribution in [0.15, 0.2) is 52.3 Å². The van der Waals surface area contributed by atoms with Crippen LogP contribution in [0.3, 0.4) is 0 Å². The van der Waals surface area contributed by atoms with Crippen molar-refractivity contribution in [1.29, 1.82) is 0 Å². The highest BCUT2D eigenvalue weighted by molar-refractivity contribution is 8.00. The van der Waals surface area contributed by atoms with Crippen LogP contribution in [0.25, 0.3) is 0 Å². The summed E-state index contributed by atoms with van der Waals surface area (Å²) in [6.45, 7) is 5.83. The summed E-state index contributed by atoms with van der Waals surface area (Å²) in [4.78, 5) is 57.4. The predicted molar refractivity (Wildman–Crippen MR) is 164 cm³/mol. The molecule has 7 unspecified atom stereocenters. The van der Waals surface area contributed by atoms with Crippen LogP contribution in [0.1, 0.15) is 47.8 Å². The average Bonchev–Trinajstić information content (AvgIpc) is 3.68. The zero-order valence-corrected chi connectivity index (χ0v) is 26.2. The van der Waals surface area contributed by atoms with Gasteiger partial charge in [0.1, 0.15) is 18.4 Å². The van der Waals surface area contributed by atoms with Crippen molar-refractivity contribution in [2.45, 2.75) is 56.0 Å². The van der Waals surface area contributed by atoms with Gasteiger partial charge in [-0.05, 0) is 60.8 Å². The van der Waals surface area contributed by atoms with Gasteiger partial charge in [-0.1, -0.05) is 66.6 Å². The fourth-order valence-electron chi connectivity index (χ4n) is 8.21. The van der Waals surface area contributed by atoms with Gasteiger partial charge < -0.3 is 14.8 Å². The Balaban J connectivity index is 1.30. The molecule has 0 spiro atoms. The molecule has 7 rings (SSSR count). The molecule has 1 saturated heterocycles. The second-order valence-electron chi connectivity index (χ2n) is 12.5. The van der Waals surface area contributed by atoms with Gasteiger partial charge in [-0.25, -0.2) is 4.79 Å². The number of thiazole rings is 1. The van der Waals surface area contributed by atoms with Crippen molar-refractivity contribution in [3.05, 3.63) is 78.7 Å². The average molecular weight is 639 g/mol. The quantitative estimate of drug-likeness (QED) is 0.326. The number of nitrogens with zero attached hydrogens (tertiary/aromatic N) is 1. The molecule has 0 radical (unpaired) electrons. The number of nitrogens with one attached hydrogen (secondary N) is 1. The fourth-order valence-corrected chi connectivity index (χ4v) is 11.3. The first-order chi connectivity index (χ1) is 20.5. The number of ether oxygens (including phenoxy) is 1. The number of amides is 2. The Labute approximate surface area is 261 Å². The number of hydrogen-bond acceptors (Lipinski definition) is 7. The number of aromatic amines is 1. The molecule has 3 heterocycles. The number of rotatable bonds is 7. The van der Waals surface area contributed by atoms with E-state index < -0.39 is 29.8 Å². The maximum Gasteiger partial charge on any atom is 0.327 e. The van der Waals surface area contributed by atoms with Gasteiger partial charge in [0.05, 0.1) is 16.9 Å². The molecule has 1 aromatic heterocycles. The SMILES string of the molecule is Cc1cccc(COc2ccc(Cl)cc2[C@H]2c3sc(=O)[nH]c3SC3C4CC(C5C(=O)N(C(C(=O)O)C(C)C)C(=O)C45)C32)c1. The first kappa shape index (κ1) is 28.7. The van der Waals surface area contributed by atoms with E-state index in [1.165, 1.54) is 11.3 Å². The number of aryl methyl sites for hydroxylation is 1. The van der Waals surface area contributed by atoms with Gasteiger partial charge in [0.25, 0.3) is 0 Å². The second-order valence-corrected chi connectivity index (χ2v) is 15.1. The van der Waals surface area contributed by atoms with Crippen molar-refractivity contribution >= 4 is 52.5 Å². The number of thioether (sulfide) groups is 1. The predicted octanol–water partition coefficient (Wildman–Crippen LogP) is 5.56. The number of aliphatic carboxylic acids is 1. The topological polar surface area (TPSA) is 117 Å². The Morgan fingerprint density at radius 2 is 1.86 bits per heavy atom. The minimum Gasteiger partial charge on any atom is -0.489 e. The van der Waals surface area contributed by atoms with Crippen LogP contribution in [-0.4, -0.2) is 44.1 Å². The second kappa shape index (κ2) is 10.5. The molecule has 2 aromatic carbocycles. The van der Waals surface area contributed by atoms with Crippen LogP contribution < -0.4 is 9.61 Å². The molecule has 2 N–H and O–H groups in total. The van der Waals surface area contributed by atoms with Crippen molar-refractivity contribution in [3.8, 4) is 5.75 Å². The van der Waals surface area contributed by atoms with Gasteiger partial charge in [0.15, 0.2) is 0 Å². The number of aromatic nitrogens is 1. The molecule has 2 amide bonds. The molecule has 8 atom stereocenters. The van der Waals surface area contributed by atoms with Crippen LogP contribution in [-0.2, 0) is 21.0 Å². The highest BCUT2D eigenvalue weighted by Crippen LogP contribution is 2.69. The molecular formula is C32H31ClN2O6S2. The van der Waals surface area contributed by atoms with Crippen LogP contribution in [0, 0.1) is 42.4 Å². The lowest BCUT2D eigenvalue weighted by Crippen LogP contribution is -2.49. The third-order valence-corrected chi connectivity index (χ3v) is 12.5. The molecule has 8 nitrogen and oxygen atoms in total. The molecule has 2 bridgehead atoms. The minimum absolute atomic E-state index is 0.0309. The first-order valence-electron chi connectivity index (χ1n) is 14.5. The summed E-state index contributed by atoms with van der Waals surface area (Å²) in [6, 6.07) is 12.5. The number of H-pyrrole nitrogens is 1. The number of hydrogen-bond donors (Lipinski definition) is 2. The normalized spacial score (nSPS) is 29.5. The summed E-state index contributed by atoms with van der Waals surface area (Å²) in [5.41, 5.74) is 3.02. The van der Waals surface area contributed by atoms with Gasteiger partial charge in [-0.15, -0.1) is 11.8 Å². The van der Waals surface area contributed by atoms with Crippen molar-refractivity contribution in [3.63, 3.8) is 0 Å². The Bertz CT molecular complexity index is 1720. The third kappa shape index (κ3) is 4.47. The number of carbonyl (C=O) groups excluding carboxylic acids is 2. The van der Waals surface area contributed by atoms with Crippen LogP contribution in [0.5, 0.6) is 5.75 Å². The number of carboxylic acids is 1. The molecule has 2 saturated carbocycles. The summed E-state index contributed by atoms with van der Waals surface area (Å²) < 4.78 is 6.42. The number of likely N-dealkylation sites (tertiary alicyclic amines) is 1. The van der Waals surface area contributed by atoms with E-state index in [0.717, 1.165) is 31.5 Å². The monoisotopic (exact) mass is 638 g/mol. The molecule has 224 valence electrons. The highest BCUT2D eigenvalue weighted by atomic mass is 35.5. The van der Waals surface area contributed by atoms with E-state index in [9.17, 15) is 24.3 Å². The van der Waals surface area contributed by atoms with Gasteiger partial charge in [0, 0.05) is 26.6 Å². The van der Waals surface area contributed by atoms with Crippen molar-refractivity contribution in [2.75, 3.05) is 0 Å². The summed E-state index contributed by atoms with van der Waals surface area (Å²) in [6.07, 6.45) is 0.706. The van der Waals surface area contributed by atoms with E-state index in [-0.39, 0.29) is 45.6 Å². The lowest BCUT2D eigenvalue weighted by atomic mass is 9.68. The molecule has 2 aliphatic heterocycles. The van der Waals surface area contributed by atoms with E-state index in [0.29, 0.717) is 23.8 Å². The van der Waals surface area contributed by atoms with Crippen LogP contribution >= 0.6 is 34.7 Å². The molecular weight excluding hydrogens is 608 g/mol. The lowest BCUT2D eigenvalue weighted by molar-refractivity contribution is -0.157. The maximum absolute atomic E-state index is 13.9. The summed E-state index contributed by atoms with van der Waals surface area (Å²) >= 11 is 9.34. The fraction of sp³-hybridized carbons (Fsp3) is 0.438. The van der Waals surface area contributed by atoms with Gasteiger partial charge >= 0.3 is 10.8 Å². The minimum atomic E-state index is -1.19. The van der Waals surface area contributed by atoms with Gasteiger partial charge in [-0.3, -0.25) is 19.3 Å². The number of carboxylic acid groups (broad SMARTS) is 1. The van der Waals surface area contributed by atoms with Gasteiger partial charge in [-0.2, -0.15) is 0 Å². The number of benzene rings is 2. The Morgan fingerprint density at radius 1 is 1.12 bits per heavy atom. The van der Waals surface area contributed by atoms with E-state index in [1.54, 1.807) is 31.7 Å². The molecule has 3 aromatic rings. The number of carbonyl (C=O) groups is 3. The number of halogens is 1. The van der Waals surface area contributed by atoms with Crippen molar-refractivity contribution in [1.82, 2.24) is 9.88 Å². The molecule has 11 heteroatoms. The summed E-state index contributed by atoms with van der Waals surface area (Å²) in [5, 5.41) is 11.3. The Morgan fingerprint density at radius 3 is 2.56 bits per heavy atom. The van der Waals surface area contributed by atoms with E-state index >= 15 is 0 Å². The smallest absolute Gasteiger partial charge is 0.327 e. The molecule has 4 aliphatic rings. The van der Waals surface area contributed by atoms with Gasteiger partial charge in [0.2, 0.25) is 11.8 Å². The molecule has 2 aliphatic carbocycles. The Hall–Kier alpha value is -3.08. The largest absolute Gasteiger partial charge is 0.489 e. The number of imide groups is 1. The highest BCUT2D eigenvalue weighted by Gasteiger charge is 2.70. The number of fused-ring (bicyclic) bond motifs is 9. The molecule has 43 heavy (non-hydrogen) atoms. The van der Waals surface area contributed by atoms with Crippen LogP contribution in [0.2, 0.25) is 5.02 Å². The summed E-state index contributed by atoms with van der Waals surface area (Å²) in [5.74, 6) is -3.36. The van der Waals surface area contributed by atoms with E-state index in [2.05, 4.69) is 11.1 Å². The lowest BCUT2D eigenvalue weighted by Gasteiger charge is -2.43. The van der Waals surface area contributed by atoms with Crippen LogP contribution in [0.4, 0.5) is 0 Å². The standard InChI is InChI=1S/C32H31ClN2O6S2/c1-13(2)25(31(38)39)35-29(36)23-18-11-19(24(23)30(35)37)26-22(18)21(27-28(42-26)34-32(40)43-27)17-10-16(33)7-8-20(17)41-12-15-6-4-5-14(3)9-15/h4-10,13,18-19,21-26H,11-12H2,1-3H3,(H,34,40)(H,38,39)/t18?,19?,21-,22?,23?,24?,25?,26?/m1/s1. The Kier molecular flexibility index (Phi) is 7.02. The summed E-state index contributed by atoms with van der Waals surface area (Å²) in [7, 11) is 0. The van der Waals surface area contributed by atoms with E-state index in [1.807, 2.05) is 37.3 Å². The molecule has 3 fully saturated rings. The zero-order chi connectivity index (χ0) is 30.3.